The fourth-order valence-corrected chi connectivity index (χ4v) is 3.12. The number of imide groups is 1. The third-order valence-corrected chi connectivity index (χ3v) is 4.60. The van der Waals surface area contributed by atoms with E-state index >= 15 is 0 Å². The fraction of sp³-hybridized carbons (Fsp3) is 0.286. The number of amides is 3. The summed E-state index contributed by atoms with van der Waals surface area (Å²) in [5.41, 5.74) is 1.87. The molecule has 1 fully saturated rings. The van der Waals surface area contributed by atoms with Crippen LogP contribution >= 0.6 is 0 Å². The molecule has 1 saturated heterocycles. The second-order valence-electron chi connectivity index (χ2n) is 6.37. The topological polar surface area (TPSA) is 75.7 Å². The quantitative estimate of drug-likeness (QED) is 0.764. The molecule has 3 amide bonds. The first-order valence-electron chi connectivity index (χ1n) is 8.90. The first kappa shape index (κ1) is 18.6. The molecule has 0 bridgehead atoms. The van der Waals surface area contributed by atoms with E-state index in [-0.39, 0.29) is 49.6 Å². The molecule has 1 aliphatic rings. The van der Waals surface area contributed by atoms with Gasteiger partial charge in [-0.25, -0.2) is 0 Å². The van der Waals surface area contributed by atoms with Gasteiger partial charge < -0.3 is 10.1 Å². The molecule has 1 N–H and O–H groups in total. The van der Waals surface area contributed by atoms with Crippen molar-refractivity contribution in [3.8, 4) is 5.75 Å². The lowest BCUT2D eigenvalue weighted by molar-refractivity contribution is -0.138. The van der Waals surface area contributed by atoms with Crippen molar-refractivity contribution in [2.45, 2.75) is 25.3 Å². The Hall–Kier alpha value is -3.15. The van der Waals surface area contributed by atoms with E-state index in [0.29, 0.717) is 0 Å². The Morgan fingerprint density at radius 3 is 2.19 bits per heavy atom. The molecule has 6 nitrogen and oxygen atoms in total. The van der Waals surface area contributed by atoms with Gasteiger partial charge in [-0.1, -0.05) is 42.5 Å². The summed E-state index contributed by atoms with van der Waals surface area (Å²) < 4.78 is 5.19. The Labute approximate surface area is 158 Å². The van der Waals surface area contributed by atoms with E-state index in [4.69, 9.17) is 4.74 Å². The average molecular weight is 366 g/mol. The first-order valence-corrected chi connectivity index (χ1v) is 8.90. The zero-order valence-electron chi connectivity index (χ0n) is 15.2. The SMILES string of the molecule is COc1ccc([C@H](NC(=O)CCN2C(=O)CCC2=O)c2ccccc2)cc1. The van der Waals surface area contributed by atoms with E-state index in [1.807, 2.05) is 54.6 Å². The van der Waals surface area contributed by atoms with Crippen LogP contribution in [0.3, 0.4) is 0 Å². The zero-order chi connectivity index (χ0) is 19.2. The average Bonchev–Trinajstić information content (AvgIpc) is 3.03. The molecule has 140 valence electrons. The molecular formula is C21H22N2O4. The summed E-state index contributed by atoms with van der Waals surface area (Å²) in [7, 11) is 1.60. The summed E-state index contributed by atoms with van der Waals surface area (Å²) in [5, 5.41) is 3.01. The van der Waals surface area contributed by atoms with E-state index in [0.717, 1.165) is 16.9 Å². The molecule has 2 aromatic rings. The second-order valence-corrected chi connectivity index (χ2v) is 6.37. The molecule has 1 atom stereocenters. The van der Waals surface area contributed by atoms with Gasteiger partial charge in [0.1, 0.15) is 5.75 Å². The highest BCUT2D eigenvalue weighted by Gasteiger charge is 2.29. The maximum atomic E-state index is 12.5. The predicted molar refractivity (Wildman–Crippen MR) is 100.0 cm³/mol. The monoisotopic (exact) mass is 366 g/mol. The number of likely N-dealkylation sites (tertiary alicyclic amines) is 1. The van der Waals surface area contributed by atoms with Crippen LogP contribution in [0.15, 0.2) is 54.6 Å². The lowest BCUT2D eigenvalue weighted by Gasteiger charge is -2.21. The van der Waals surface area contributed by atoms with E-state index < -0.39 is 0 Å². The molecule has 0 radical (unpaired) electrons. The highest BCUT2D eigenvalue weighted by Crippen LogP contribution is 2.24. The summed E-state index contributed by atoms with van der Waals surface area (Å²) in [6, 6.07) is 16.8. The summed E-state index contributed by atoms with van der Waals surface area (Å²) in [6.07, 6.45) is 0.550. The van der Waals surface area contributed by atoms with Crippen LogP contribution in [0.5, 0.6) is 5.75 Å². The number of carbonyl (C=O) groups excluding carboxylic acids is 3. The largest absolute Gasteiger partial charge is 0.497 e. The summed E-state index contributed by atoms with van der Waals surface area (Å²) >= 11 is 0. The van der Waals surface area contributed by atoms with E-state index in [2.05, 4.69) is 5.32 Å². The molecule has 0 unspecified atom stereocenters. The molecule has 0 saturated carbocycles. The Kier molecular flexibility index (Phi) is 5.86. The van der Waals surface area contributed by atoms with Crippen molar-refractivity contribution < 1.29 is 19.1 Å². The highest BCUT2D eigenvalue weighted by molar-refractivity contribution is 6.02. The highest BCUT2D eigenvalue weighted by atomic mass is 16.5. The molecule has 3 rings (SSSR count). The number of hydrogen-bond donors (Lipinski definition) is 1. The van der Waals surface area contributed by atoms with Crippen molar-refractivity contribution in [1.29, 1.82) is 0 Å². The van der Waals surface area contributed by atoms with Gasteiger partial charge in [0.2, 0.25) is 17.7 Å². The number of rotatable bonds is 7. The zero-order valence-corrected chi connectivity index (χ0v) is 15.2. The van der Waals surface area contributed by atoms with E-state index in [1.54, 1.807) is 7.11 Å². The van der Waals surface area contributed by atoms with Gasteiger partial charge in [-0.05, 0) is 23.3 Å². The normalized spacial score (nSPS) is 14.9. The smallest absolute Gasteiger partial charge is 0.229 e. The number of nitrogens with zero attached hydrogens (tertiary/aromatic N) is 1. The maximum absolute atomic E-state index is 12.5. The Morgan fingerprint density at radius 2 is 1.59 bits per heavy atom. The van der Waals surface area contributed by atoms with E-state index in [9.17, 15) is 14.4 Å². The lowest BCUT2D eigenvalue weighted by Crippen LogP contribution is -2.35. The molecule has 2 aromatic carbocycles. The van der Waals surface area contributed by atoms with E-state index in [1.165, 1.54) is 4.90 Å². The third kappa shape index (κ3) is 4.53. The minimum absolute atomic E-state index is 0.0803. The van der Waals surface area contributed by atoms with Crippen LogP contribution in [0.25, 0.3) is 0 Å². The molecule has 6 heteroatoms. The molecule has 0 aliphatic carbocycles. The second kappa shape index (κ2) is 8.49. The van der Waals surface area contributed by atoms with Gasteiger partial charge >= 0.3 is 0 Å². The van der Waals surface area contributed by atoms with Crippen LogP contribution in [0, 0.1) is 0 Å². The van der Waals surface area contributed by atoms with Crippen LogP contribution < -0.4 is 10.1 Å². The molecule has 0 aromatic heterocycles. The Balaban J connectivity index is 1.72. The van der Waals surface area contributed by atoms with Crippen LogP contribution in [-0.4, -0.2) is 36.3 Å². The van der Waals surface area contributed by atoms with Crippen molar-refractivity contribution >= 4 is 17.7 Å². The van der Waals surface area contributed by atoms with Crippen molar-refractivity contribution in [1.82, 2.24) is 10.2 Å². The van der Waals surface area contributed by atoms with Crippen LogP contribution in [0.2, 0.25) is 0 Å². The van der Waals surface area contributed by atoms with Crippen molar-refractivity contribution in [3.63, 3.8) is 0 Å². The standard InChI is InChI=1S/C21H22N2O4/c1-27-17-9-7-16(8-10-17)21(15-5-3-2-4-6-15)22-18(24)13-14-23-19(25)11-12-20(23)26/h2-10,21H,11-14H2,1H3,(H,22,24)/t21-/m1/s1. The number of benzene rings is 2. The molecule has 1 aliphatic heterocycles. The molecule has 0 spiro atoms. The van der Waals surface area contributed by atoms with Crippen LogP contribution in [0.1, 0.15) is 36.4 Å². The number of methoxy groups -OCH3 is 1. The molecule has 27 heavy (non-hydrogen) atoms. The van der Waals surface area contributed by atoms with Gasteiger partial charge in [-0.2, -0.15) is 0 Å². The lowest BCUT2D eigenvalue weighted by atomic mass is 9.98. The summed E-state index contributed by atoms with van der Waals surface area (Å²) in [5.74, 6) is 0.111. The molecule has 1 heterocycles. The summed E-state index contributed by atoms with van der Waals surface area (Å²) in [6.45, 7) is 0.119. The van der Waals surface area contributed by atoms with Crippen LogP contribution in [-0.2, 0) is 14.4 Å². The van der Waals surface area contributed by atoms with Crippen molar-refractivity contribution in [3.05, 3.63) is 65.7 Å². The van der Waals surface area contributed by atoms with Crippen molar-refractivity contribution in [2.24, 2.45) is 0 Å². The maximum Gasteiger partial charge on any atom is 0.229 e. The van der Waals surface area contributed by atoms with Gasteiger partial charge in [-0.3, -0.25) is 19.3 Å². The third-order valence-electron chi connectivity index (χ3n) is 4.60. The van der Waals surface area contributed by atoms with Gasteiger partial charge in [0.15, 0.2) is 0 Å². The molecular weight excluding hydrogens is 344 g/mol. The van der Waals surface area contributed by atoms with Gasteiger partial charge in [0, 0.05) is 25.8 Å². The Morgan fingerprint density at radius 1 is 1.00 bits per heavy atom. The number of hydrogen-bond acceptors (Lipinski definition) is 4. The van der Waals surface area contributed by atoms with Crippen molar-refractivity contribution in [2.75, 3.05) is 13.7 Å². The summed E-state index contributed by atoms with van der Waals surface area (Å²) in [4.78, 5) is 37.0. The predicted octanol–water partition coefficient (Wildman–Crippen LogP) is 2.44. The first-order chi connectivity index (χ1) is 13.1. The van der Waals surface area contributed by atoms with Gasteiger partial charge in [-0.15, -0.1) is 0 Å². The van der Waals surface area contributed by atoms with Gasteiger partial charge in [0.05, 0.1) is 13.2 Å². The minimum atomic E-state index is -0.324. The number of ether oxygens (including phenoxy) is 1. The number of carbonyl (C=O) groups is 3. The fourth-order valence-electron chi connectivity index (χ4n) is 3.12. The Bertz CT molecular complexity index is 802. The van der Waals surface area contributed by atoms with Gasteiger partial charge in [0.25, 0.3) is 0 Å². The number of nitrogens with one attached hydrogen (secondary N) is 1. The minimum Gasteiger partial charge on any atom is -0.497 e. The van der Waals surface area contributed by atoms with Crippen LogP contribution in [0.4, 0.5) is 0 Å².